The number of aliphatic hydroxyl groups excluding tert-OH is 3. The van der Waals surface area contributed by atoms with Crippen LogP contribution in [0.4, 0.5) is 0 Å². The van der Waals surface area contributed by atoms with E-state index in [2.05, 4.69) is 54.5 Å². The highest BCUT2D eigenvalue weighted by Crippen LogP contribution is 2.20. The molecule has 24 nitrogen and oxygen atoms in total. The fourth-order valence-electron chi connectivity index (χ4n) is 6.24. The zero-order chi connectivity index (χ0) is 45.9. The number of amides is 8. The van der Waals surface area contributed by atoms with E-state index < -0.39 is 128 Å². The Balaban J connectivity index is 1.73. The lowest BCUT2D eigenvalue weighted by molar-refractivity contribution is -0.143. The molecule has 1 aliphatic rings. The second-order valence-electron chi connectivity index (χ2n) is 14.2. The Bertz CT molecular complexity index is 1870. The van der Waals surface area contributed by atoms with Gasteiger partial charge in [-0.25, -0.2) is 9.78 Å². The quantitative estimate of drug-likeness (QED) is 0.0413. The Morgan fingerprint density at radius 3 is 1.85 bits per heavy atom. The van der Waals surface area contributed by atoms with Crippen molar-refractivity contribution >= 4 is 65.9 Å². The summed E-state index contributed by atoms with van der Waals surface area (Å²) in [6.45, 7) is -2.88. The van der Waals surface area contributed by atoms with Gasteiger partial charge in [0.1, 0.15) is 42.3 Å². The second-order valence-corrected chi connectivity index (χ2v) is 14.6. The minimum atomic E-state index is -1.74. The normalized spacial score (nSPS) is 16.9. The van der Waals surface area contributed by atoms with Crippen molar-refractivity contribution in [3.63, 3.8) is 0 Å². The van der Waals surface area contributed by atoms with Crippen LogP contribution in [0.1, 0.15) is 36.9 Å². The van der Waals surface area contributed by atoms with Crippen LogP contribution in [0.2, 0.25) is 0 Å². The van der Waals surface area contributed by atoms with Crippen molar-refractivity contribution in [2.75, 3.05) is 32.1 Å². The lowest BCUT2D eigenvalue weighted by Crippen LogP contribution is -2.61. The first-order valence-corrected chi connectivity index (χ1v) is 20.0. The van der Waals surface area contributed by atoms with Gasteiger partial charge in [0, 0.05) is 37.0 Å². The summed E-state index contributed by atoms with van der Waals surface area (Å²) < 4.78 is 0. The van der Waals surface area contributed by atoms with Crippen LogP contribution in [0, 0.1) is 0 Å². The van der Waals surface area contributed by atoms with Gasteiger partial charge in [0.05, 0.1) is 32.2 Å². The Hall–Kier alpha value is -6.15. The molecule has 2 aromatic rings. The number of hydrogen-bond acceptors (Lipinski definition) is 15. The molecule has 0 unspecified atom stereocenters. The number of imidazole rings is 1. The number of nitrogens with two attached hydrogens (primary N) is 2. The van der Waals surface area contributed by atoms with Gasteiger partial charge in [0.25, 0.3) is 0 Å². The van der Waals surface area contributed by atoms with E-state index in [0.717, 1.165) is 10.5 Å². The summed E-state index contributed by atoms with van der Waals surface area (Å²) in [4.78, 5) is 124. The van der Waals surface area contributed by atoms with Crippen LogP contribution in [-0.2, 0) is 56.0 Å². The minimum Gasteiger partial charge on any atom is -0.480 e. The molecule has 340 valence electrons. The summed E-state index contributed by atoms with van der Waals surface area (Å²) in [5.74, 6) is -9.24. The fourth-order valence-corrected chi connectivity index (χ4v) is 6.49. The van der Waals surface area contributed by atoms with E-state index in [1.54, 1.807) is 30.3 Å². The van der Waals surface area contributed by atoms with Crippen molar-refractivity contribution in [3.05, 3.63) is 54.1 Å². The average Bonchev–Trinajstić information content (AvgIpc) is 3.97. The molecule has 15 N–H and O–H groups in total. The van der Waals surface area contributed by atoms with E-state index in [1.807, 2.05) is 0 Å². The Labute approximate surface area is 360 Å². The summed E-state index contributed by atoms with van der Waals surface area (Å²) >= 11 is 4.06. The zero-order valence-electron chi connectivity index (χ0n) is 33.4. The highest BCUT2D eigenvalue weighted by molar-refractivity contribution is 7.80. The van der Waals surface area contributed by atoms with Gasteiger partial charge in [-0.05, 0) is 31.2 Å². The molecule has 62 heavy (non-hydrogen) atoms. The topological polar surface area (TPSA) is 391 Å². The average molecular weight is 892 g/mol. The Kier molecular flexibility index (Phi) is 20.2. The van der Waals surface area contributed by atoms with Crippen LogP contribution in [-0.4, -0.2) is 169 Å². The number of H-pyrrole nitrogens is 1. The van der Waals surface area contributed by atoms with E-state index in [0.29, 0.717) is 5.69 Å². The SMILES string of the molecule is NC(=O)CC[C@H](NC(=O)[C@H](CO)NC(=O)[C@H](CO)NC(=O)[C@@H](N)Cc1ccccc1)C(=O)N1CCC[C@H]1C(=O)N[C@@H](Cc1cnc[nH]1)C(=O)N[C@@H](CS)C(=O)N[C@@H](CO)C(=O)O. The van der Waals surface area contributed by atoms with E-state index >= 15 is 0 Å². The first-order valence-electron chi connectivity index (χ1n) is 19.4. The molecule has 3 rings (SSSR count). The number of carboxylic acid groups (broad SMARTS) is 1. The number of nitrogens with one attached hydrogen (secondary N) is 7. The van der Waals surface area contributed by atoms with Crippen LogP contribution >= 0.6 is 12.6 Å². The van der Waals surface area contributed by atoms with Crippen molar-refractivity contribution in [2.24, 2.45) is 11.5 Å². The number of aliphatic hydroxyl groups is 3. The number of primary amides is 1. The molecule has 0 aliphatic carbocycles. The van der Waals surface area contributed by atoms with Gasteiger partial charge < -0.3 is 73.7 Å². The summed E-state index contributed by atoms with van der Waals surface area (Å²) in [7, 11) is 0. The van der Waals surface area contributed by atoms with E-state index in [1.165, 1.54) is 12.5 Å². The van der Waals surface area contributed by atoms with Gasteiger partial charge in [-0.1, -0.05) is 30.3 Å². The number of benzene rings is 1. The molecule has 8 amide bonds. The number of carboxylic acids is 1. The van der Waals surface area contributed by atoms with Crippen molar-refractivity contribution in [1.82, 2.24) is 46.8 Å². The molecule has 1 aromatic heterocycles. The minimum absolute atomic E-state index is 0.0147. The Morgan fingerprint density at radius 2 is 1.31 bits per heavy atom. The molecular formula is C37H53N11O13S. The number of rotatable bonds is 25. The highest BCUT2D eigenvalue weighted by Gasteiger charge is 2.40. The van der Waals surface area contributed by atoms with Gasteiger partial charge in [0.15, 0.2) is 0 Å². The molecule has 1 saturated heterocycles. The molecule has 25 heteroatoms. The number of nitrogens with zero attached hydrogens (tertiary/aromatic N) is 2. The summed E-state index contributed by atoms with van der Waals surface area (Å²) in [5, 5.41) is 52.3. The number of carbonyl (C=O) groups is 9. The van der Waals surface area contributed by atoms with Crippen LogP contribution in [0.25, 0.3) is 0 Å². The van der Waals surface area contributed by atoms with Crippen LogP contribution < -0.4 is 43.4 Å². The van der Waals surface area contributed by atoms with Gasteiger partial charge in [0.2, 0.25) is 47.3 Å². The molecule has 0 radical (unpaired) electrons. The first-order chi connectivity index (χ1) is 29.5. The van der Waals surface area contributed by atoms with Gasteiger partial charge >= 0.3 is 5.97 Å². The van der Waals surface area contributed by atoms with Crippen LogP contribution in [0.5, 0.6) is 0 Å². The predicted octanol–water partition coefficient (Wildman–Crippen LogP) is -6.32. The molecule has 1 aromatic carbocycles. The number of carbonyl (C=O) groups excluding carboxylic acids is 8. The van der Waals surface area contributed by atoms with Crippen LogP contribution in [0.15, 0.2) is 42.9 Å². The van der Waals surface area contributed by atoms with Gasteiger partial charge in [-0.3, -0.25) is 38.4 Å². The molecular weight excluding hydrogens is 839 g/mol. The van der Waals surface area contributed by atoms with Crippen molar-refractivity contribution < 1.29 is 63.6 Å². The lowest BCUT2D eigenvalue weighted by Gasteiger charge is -2.30. The Morgan fingerprint density at radius 1 is 0.758 bits per heavy atom. The maximum Gasteiger partial charge on any atom is 0.328 e. The third-order valence-corrected chi connectivity index (χ3v) is 9.99. The number of aromatic amines is 1. The van der Waals surface area contributed by atoms with Crippen molar-refractivity contribution in [2.45, 2.75) is 86.9 Å². The van der Waals surface area contributed by atoms with Gasteiger partial charge in [-0.2, -0.15) is 12.6 Å². The smallest absolute Gasteiger partial charge is 0.328 e. The molecule has 1 fully saturated rings. The predicted molar refractivity (Wildman–Crippen MR) is 218 cm³/mol. The molecule has 0 spiro atoms. The molecule has 2 heterocycles. The monoisotopic (exact) mass is 891 g/mol. The maximum atomic E-state index is 14.0. The zero-order valence-corrected chi connectivity index (χ0v) is 34.3. The molecule has 1 aliphatic heterocycles. The van der Waals surface area contributed by atoms with E-state index in [-0.39, 0.29) is 44.4 Å². The highest BCUT2D eigenvalue weighted by atomic mass is 32.1. The fraction of sp³-hybridized carbons (Fsp3) is 0.514. The largest absolute Gasteiger partial charge is 0.480 e. The lowest BCUT2D eigenvalue weighted by atomic mass is 10.1. The summed E-state index contributed by atoms with van der Waals surface area (Å²) in [5.41, 5.74) is 12.4. The maximum absolute atomic E-state index is 14.0. The number of thiol groups is 1. The van der Waals surface area contributed by atoms with Crippen LogP contribution in [0.3, 0.4) is 0 Å². The third-order valence-electron chi connectivity index (χ3n) is 9.62. The number of aromatic nitrogens is 2. The summed E-state index contributed by atoms with van der Waals surface area (Å²) in [6.07, 6.45) is 2.18. The number of likely N-dealkylation sites (tertiary alicyclic amines) is 1. The summed E-state index contributed by atoms with van der Waals surface area (Å²) in [6, 6.07) is -2.96. The standard InChI is InChI=1S/C37H53N11O13S/c38-21(11-19-5-2-1-3-6-19)30(53)44-24(14-49)33(56)45-25(15-50)32(55)42-22(8-9-29(39)52)36(59)48-10-4-7-28(48)35(58)43-23(12-20-13-40-18-41-20)31(54)47-27(17-62)34(57)46-26(16-51)37(60)61/h1-3,5-6,13,18,21-28,49-51,62H,4,7-12,14-17,38H2,(H2,39,52)(H,40,41)(H,42,55)(H,43,58)(H,44,53)(H,45,56)(H,46,57)(H,47,54)(H,60,61)/t21-,22-,23-,24-,25-,26-,27-,28-/m0/s1. The molecule has 8 atom stereocenters. The van der Waals surface area contributed by atoms with E-state index in [4.69, 9.17) is 11.5 Å². The second kappa shape index (κ2) is 24.9. The first kappa shape index (κ1) is 50.2. The number of hydrogen-bond donors (Lipinski definition) is 14. The van der Waals surface area contributed by atoms with E-state index in [9.17, 15) is 63.6 Å². The molecule has 0 saturated carbocycles. The van der Waals surface area contributed by atoms with Gasteiger partial charge in [-0.15, -0.1) is 0 Å². The number of aliphatic carboxylic acids is 1. The van der Waals surface area contributed by atoms with Crippen molar-refractivity contribution in [1.29, 1.82) is 0 Å². The third kappa shape index (κ3) is 15.1. The molecule has 0 bridgehead atoms. The van der Waals surface area contributed by atoms with Crippen molar-refractivity contribution in [3.8, 4) is 0 Å².